The predicted octanol–water partition coefficient (Wildman–Crippen LogP) is 2.37. The van der Waals surface area contributed by atoms with Gasteiger partial charge in [0.2, 0.25) is 0 Å². The van der Waals surface area contributed by atoms with Crippen LogP contribution in [0.2, 0.25) is 0 Å². The Morgan fingerprint density at radius 3 is 2.85 bits per heavy atom. The maximum Gasteiger partial charge on any atom is 0.152 e. The van der Waals surface area contributed by atoms with Crippen LogP contribution in [0.25, 0.3) is 5.52 Å². The van der Waals surface area contributed by atoms with Crippen LogP contribution in [0.5, 0.6) is 0 Å². The zero-order chi connectivity index (χ0) is 9.42. The van der Waals surface area contributed by atoms with Crippen molar-refractivity contribution in [3.8, 4) is 0 Å². The molecule has 2 aromatic heterocycles. The van der Waals surface area contributed by atoms with Crippen LogP contribution in [0.1, 0.15) is 21.6 Å². The summed E-state index contributed by atoms with van der Waals surface area (Å²) in [5, 5.41) is 0. The Balaban J connectivity index is 2.96. The average Bonchev–Trinajstić information content (AvgIpc) is 2.45. The van der Waals surface area contributed by atoms with Gasteiger partial charge in [0, 0.05) is 17.5 Å². The van der Waals surface area contributed by atoms with E-state index in [0.29, 0.717) is 0 Å². The van der Waals surface area contributed by atoms with Crippen molar-refractivity contribution in [1.82, 2.24) is 4.40 Å². The van der Waals surface area contributed by atoms with Crippen LogP contribution in [0.4, 0.5) is 0 Å². The number of aldehydes is 1. The topological polar surface area (TPSA) is 21.5 Å². The van der Waals surface area contributed by atoms with Gasteiger partial charge in [-0.15, -0.1) is 0 Å². The van der Waals surface area contributed by atoms with Gasteiger partial charge in [0.15, 0.2) is 6.29 Å². The third-order valence-electron chi connectivity index (χ3n) is 2.34. The van der Waals surface area contributed by atoms with Gasteiger partial charge < -0.3 is 4.40 Å². The molecule has 0 aliphatic heterocycles. The van der Waals surface area contributed by atoms with Crippen molar-refractivity contribution >= 4 is 11.8 Å². The highest BCUT2D eigenvalue weighted by Gasteiger charge is 2.06. The first kappa shape index (κ1) is 8.05. The van der Waals surface area contributed by atoms with Gasteiger partial charge in [-0.2, -0.15) is 0 Å². The van der Waals surface area contributed by atoms with E-state index in [1.165, 1.54) is 0 Å². The van der Waals surface area contributed by atoms with Gasteiger partial charge in [-0.3, -0.25) is 4.79 Å². The molecule has 2 rings (SSSR count). The largest absolute Gasteiger partial charge is 0.320 e. The molecule has 0 aliphatic rings. The summed E-state index contributed by atoms with van der Waals surface area (Å²) >= 11 is 0. The van der Waals surface area contributed by atoms with Crippen molar-refractivity contribution in [3.63, 3.8) is 0 Å². The average molecular weight is 173 g/mol. The predicted molar refractivity (Wildman–Crippen MR) is 52.3 cm³/mol. The summed E-state index contributed by atoms with van der Waals surface area (Å²) < 4.78 is 2.04. The molecule has 0 aliphatic carbocycles. The van der Waals surface area contributed by atoms with Gasteiger partial charge in [-0.05, 0) is 31.5 Å². The van der Waals surface area contributed by atoms with E-state index < -0.39 is 0 Å². The molecule has 0 radical (unpaired) electrons. The summed E-state index contributed by atoms with van der Waals surface area (Å²) in [4.78, 5) is 10.8. The zero-order valence-corrected chi connectivity index (χ0v) is 7.74. The van der Waals surface area contributed by atoms with Crippen molar-refractivity contribution in [2.24, 2.45) is 0 Å². The Hall–Kier alpha value is -1.57. The monoisotopic (exact) mass is 173 g/mol. The molecular formula is C11H11NO. The standard InChI is InChI=1S/C11H11NO/c1-8-4-3-5-12-9(2)6-10(7-13)11(8)12/h3-7H,1-2H3. The number of hydrogen-bond acceptors (Lipinski definition) is 1. The van der Waals surface area contributed by atoms with Crippen molar-refractivity contribution in [3.05, 3.63) is 41.2 Å². The Bertz CT molecular complexity index is 468. The Morgan fingerprint density at radius 2 is 2.15 bits per heavy atom. The number of pyridine rings is 1. The Morgan fingerprint density at radius 1 is 1.38 bits per heavy atom. The second-order valence-electron chi connectivity index (χ2n) is 3.27. The van der Waals surface area contributed by atoms with Crippen molar-refractivity contribution < 1.29 is 4.79 Å². The summed E-state index contributed by atoms with van der Waals surface area (Å²) in [6, 6.07) is 5.92. The smallest absolute Gasteiger partial charge is 0.152 e. The molecule has 13 heavy (non-hydrogen) atoms. The second-order valence-corrected chi connectivity index (χ2v) is 3.27. The lowest BCUT2D eigenvalue weighted by Crippen LogP contribution is -1.89. The summed E-state index contributed by atoms with van der Waals surface area (Å²) in [7, 11) is 0. The lowest BCUT2D eigenvalue weighted by atomic mass is 10.2. The summed E-state index contributed by atoms with van der Waals surface area (Å²) in [5.74, 6) is 0. The molecule has 0 amide bonds. The number of fused-ring (bicyclic) bond motifs is 1. The van der Waals surface area contributed by atoms with Gasteiger partial charge in [0.1, 0.15) is 0 Å². The van der Waals surface area contributed by atoms with Crippen LogP contribution in [0.3, 0.4) is 0 Å². The van der Waals surface area contributed by atoms with Crippen LogP contribution in [-0.4, -0.2) is 10.7 Å². The Kier molecular flexibility index (Phi) is 1.69. The van der Waals surface area contributed by atoms with Crippen LogP contribution < -0.4 is 0 Å². The normalized spacial score (nSPS) is 10.6. The zero-order valence-electron chi connectivity index (χ0n) is 7.74. The van der Waals surface area contributed by atoms with E-state index in [2.05, 4.69) is 0 Å². The van der Waals surface area contributed by atoms with E-state index in [-0.39, 0.29) is 0 Å². The molecule has 2 aromatic rings. The molecule has 0 N–H and O–H groups in total. The van der Waals surface area contributed by atoms with E-state index in [4.69, 9.17) is 0 Å². The van der Waals surface area contributed by atoms with E-state index >= 15 is 0 Å². The fourth-order valence-electron chi connectivity index (χ4n) is 1.73. The molecule has 0 saturated heterocycles. The van der Waals surface area contributed by atoms with Crippen molar-refractivity contribution in [2.45, 2.75) is 13.8 Å². The van der Waals surface area contributed by atoms with Gasteiger partial charge in [0.25, 0.3) is 0 Å². The molecule has 0 unspecified atom stereocenters. The summed E-state index contributed by atoms with van der Waals surface area (Å²) in [6.07, 6.45) is 2.89. The first-order chi connectivity index (χ1) is 6.24. The lowest BCUT2D eigenvalue weighted by Gasteiger charge is -2.00. The molecule has 0 bridgehead atoms. The van der Waals surface area contributed by atoms with Crippen LogP contribution in [0, 0.1) is 13.8 Å². The van der Waals surface area contributed by atoms with Gasteiger partial charge in [0.05, 0.1) is 5.52 Å². The number of aromatic nitrogens is 1. The molecule has 0 spiro atoms. The third kappa shape index (κ3) is 1.06. The van der Waals surface area contributed by atoms with E-state index in [9.17, 15) is 4.79 Å². The quantitative estimate of drug-likeness (QED) is 0.606. The number of carbonyl (C=O) groups excluding carboxylic acids is 1. The molecule has 0 atom stereocenters. The highest BCUT2D eigenvalue weighted by molar-refractivity contribution is 5.88. The van der Waals surface area contributed by atoms with E-state index in [1.807, 2.05) is 42.6 Å². The highest BCUT2D eigenvalue weighted by atomic mass is 16.1. The first-order valence-electron chi connectivity index (χ1n) is 4.26. The minimum atomic E-state index is 0.774. The molecule has 66 valence electrons. The van der Waals surface area contributed by atoms with Crippen LogP contribution in [0.15, 0.2) is 24.4 Å². The SMILES string of the molecule is Cc1cccn2c(C)cc(C=O)c12. The molecular weight excluding hydrogens is 162 g/mol. The van der Waals surface area contributed by atoms with Gasteiger partial charge in [-0.25, -0.2) is 0 Å². The first-order valence-corrected chi connectivity index (χ1v) is 4.26. The van der Waals surface area contributed by atoms with E-state index in [0.717, 1.165) is 28.6 Å². The minimum absolute atomic E-state index is 0.774. The van der Waals surface area contributed by atoms with Gasteiger partial charge >= 0.3 is 0 Å². The minimum Gasteiger partial charge on any atom is -0.320 e. The van der Waals surface area contributed by atoms with Crippen LogP contribution in [-0.2, 0) is 0 Å². The maximum atomic E-state index is 10.8. The van der Waals surface area contributed by atoms with Crippen molar-refractivity contribution in [1.29, 1.82) is 0 Å². The number of aryl methyl sites for hydroxylation is 2. The highest BCUT2D eigenvalue weighted by Crippen LogP contribution is 2.18. The molecule has 0 aromatic carbocycles. The van der Waals surface area contributed by atoms with E-state index in [1.54, 1.807) is 0 Å². The molecule has 2 heterocycles. The Labute approximate surface area is 76.8 Å². The fraction of sp³-hybridized carbons (Fsp3) is 0.182. The number of nitrogens with zero attached hydrogens (tertiary/aromatic N) is 1. The number of carbonyl (C=O) groups is 1. The maximum absolute atomic E-state index is 10.8. The third-order valence-corrected chi connectivity index (χ3v) is 2.34. The fourth-order valence-corrected chi connectivity index (χ4v) is 1.73. The van der Waals surface area contributed by atoms with Crippen LogP contribution >= 0.6 is 0 Å². The lowest BCUT2D eigenvalue weighted by molar-refractivity contribution is 0.112. The molecule has 0 fully saturated rings. The van der Waals surface area contributed by atoms with Crippen molar-refractivity contribution in [2.75, 3.05) is 0 Å². The number of hydrogen-bond donors (Lipinski definition) is 0. The number of rotatable bonds is 1. The second kappa shape index (κ2) is 2.73. The molecule has 0 saturated carbocycles. The molecule has 2 nitrogen and oxygen atoms in total. The molecule has 2 heteroatoms. The summed E-state index contributed by atoms with van der Waals surface area (Å²) in [5.41, 5.74) is 4.03. The van der Waals surface area contributed by atoms with Gasteiger partial charge in [-0.1, -0.05) is 6.07 Å². The summed E-state index contributed by atoms with van der Waals surface area (Å²) in [6.45, 7) is 4.02.